The topological polar surface area (TPSA) is 171 Å². The quantitative estimate of drug-likeness (QED) is 0.420. The van der Waals surface area contributed by atoms with Crippen molar-refractivity contribution in [3.8, 4) is 0 Å². The van der Waals surface area contributed by atoms with Crippen molar-refractivity contribution >= 4 is 29.7 Å². The van der Waals surface area contributed by atoms with Crippen LogP contribution in [0.15, 0.2) is 12.5 Å². The Labute approximate surface area is 166 Å². The van der Waals surface area contributed by atoms with Crippen molar-refractivity contribution in [2.45, 2.75) is 43.8 Å². The monoisotopic (exact) mass is 405 g/mol. The van der Waals surface area contributed by atoms with E-state index < -0.39 is 47.8 Å². The minimum atomic E-state index is -1.04. The molecule has 156 valence electrons. The normalized spacial score (nSPS) is 22.9. The van der Waals surface area contributed by atoms with Gasteiger partial charge in [0.1, 0.15) is 18.1 Å². The summed E-state index contributed by atoms with van der Waals surface area (Å²) in [5.74, 6) is -2.26. The summed E-state index contributed by atoms with van der Waals surface area (Å²) in [4.78, 5) is 70.3. The number of amides is 6. The maximum atomic E-state index is 13.1. The van der Waals surface area contributed by atoms with Crippen LogP contribution in [0.4, 0.5) is 4.79 Å². The number of imide groups is 1. The number of nitrogens with one attached hydrogen (secondary N) is 3. The minimum Gasteiger partial charge on any atom is -0.368 e. The molecule has 1 aromatic rings. The lowest BCUT2D eigenvalue weighted by molar-refractivity contribution is -0.141. The first-order valence-corrected chi connectivity index (χ1v) is 9.22. The molecule has 12 nitrogen and oxygen atoms in total. The Hall–Kier alpha value is -3.44. The average Bonchev–Trinajstić information content (AvgIpc) is 3.35. The summed E-state index contributed by atoms with van der Waals surface area (Å²) in [6.07, 6.45) is 3.94. The molecule has 0 radical (unpaired) electrons. The zero-order valence-corrected chi connectivity index (χ0v) is 15.9. The Morgan fingerprint density at radius 2 is 2.10 bits per heavy atom. The predicted octanol–water partition coefficient (Wildman–Crippen LogP) is -2.15. The van der Waals surface area contributed by atoms with Gasteiger partial charge < -0.3 is 25.8 Å². The molecule has 12 heteroatoms. The smallest absolute Gasteiger partial charge is 0.324 e. The fraction of sp³-hybridized carbons (Fsp3) is 0.529. The van der Waals surface area contributed by atoms with Crippen molar-refractivity contribution in [2.24, 2.45) is 5.73 Å². The van der Waals surface area contributed by atoms with Crippen LogP contribution in [0.5, 0.6) is 0 Å². The molecule has 0 saturated carbocycles. The minimum absolute atomic E-state index is 0.100. The Bertz CT molecular complexity index is 824. The molecular weight excluding hydrogens is 382 g/mol. The van der Waals surface area contributed by atoms with Gasteiger partial charge in [0.05, 0.1) is 12.7 Å². The van der Waals surface area contributed by atoms with E-state index in [1.54, 1.807) is 0 Å². The number of aromatic nitrogens is 2. The first kappa shape index (κ1) is 20.3. The third-order valence-corrected chi connectivity index (χ3v) is 5.17. The van der Waals surface area contributed by atoms with Gasteiger partial charge in [-0.1, -0.05) is 0 Å². The lowest BCUT2D eigenvalue weighted by Gasteiger charge is -2.33. The number of hydrogen-bond donors (Lipinski definition) is 4. The number of nitrogens with zero attached hydrogens (tertiary/aromatic N) is 3. The van der Waals surface area contributed by atoms with Gasteiger partial charge in [-0.15, -0.1) is 0 Å². The Morgan fingerprint density at radius 1 is 1.34 bits per heavy atom. The molecule has 0 aromatic carbocycles. The van der Waals surface area contributed by atoms with Gasteiger partial charge >= 0.3 is 6.03 Å². The molecule has 0 bridgehead atoms. The molecule has 2 aliphatic rings. The Morgan fingerprint density at radius 3 is 2.76 bits per heavy atom. The number of carbonyl (C=O) groups excluding carboxylic acids is 5. The molecular formula is C17H23N7O5. The second-order valence-electron chi connectivity index (χ2n) is 7.12. The van der Waals surface area contributed by atoms with Gasteiger partial charge in [-0.2, -0.15) is 0 Å². The molecule has 3 heterocycles. The molecule has 5 N–H and O–H groups in total. The number of rotatable bonds is 6. The fourth-order valence-corrected chi connectivity index (χ4v) is 3.59. The highest BCUT2D eigenvalue weighted by Gasteiger charge is 2.40. The molecule has 3 atom stereocenters. The van der Waals surface area contributed by atoms with E-state index in [4.69, 9.17) is 5.73 Å². The Balaban J connectivity index is 1.79. The number of likely N-dealkylation sites (tertiary alicyclic amines) is 1. The maximum absolute atomic E-state index is 13.1. The second kappa shape index (κ2) is 8.29. The van der Waals surface area contributed by atoms with E-state index in [-0.39, 0.29) is 12.8 Å². The van der Waals surface area contributed by atoms with Crippen LogP contribution in [-0.4, -0.2) is 81.1 Å². The highest BCUT2D eigenvalue weighted by atomic mass is 16.2. The molecule has 2 aliphatic heterocycles. The average molecular weight is 405 g/mol. The number of nitrogens with two attached hydrogens (primary N) is 1. The number of H-pyrrole nitrogens is 1. The van der Waals surface area contributed by atoms with Crippen molar-refractivity contribution in [1.82, 2.24) is 30.4 Å². The van der Waals surface area contributed by atoms with E-state index in [9.17, 15) is 24.0 Å². The standard InChI is InChI=1S/C17H23N7O5/c1-23-12(6-13(25)22-17(23)29)15(27)21-10(5-9-7-19-8-20-9)16(28)24-4-2-3-11(24)14(18)26/h7-8,10-12H,2-6H2,1H3,(H2,18,26)(H,19,20)(H,21,27)(H,22,25,29)/t10-,11-,12-/m0/s1. The summed E-state index contributed by atoms with van der Waals surface area (Å²) < 4.78 is 0. The van der Waals surface area contributed by atoms with Crippen LogP contribution in [0.3, 0.4) is 0 Å². The summed E-state index contributed by atoms with van der Waals surface area (Å²) in [5.41, 5.74) is 6.01. The van der Waals surface area contributed by atoms with Crippen LogP contribution in [0, 0.1) is 0 Å². The van der Waals surface area contributed by atoms with Crippen molar-refractivity contribution < 1.29 is 24.0 Å². The van der Waals surface area contributed by atoms with Crippen LogP contribution >= 0.6 is 0 Å². The van der Waals surface area contributed by atoms with Crippen molar-refractivity contribution in [1.29, 1.82) is 0 Å². The molecule has 2 saturated heterocycles. The van der Waals surface area contributed by atoms with Crippen molar-refractivity contribution in [3.05, 3.63) is 18.2 Å². The number of likely N-dealkylation sites (N-methyl/N-ethyl adjacent to an activating group) is 1. The zero-order chi connectivity index (χ0) is 21.1. The third-order valence-electron chi connectivity index (χ3n) is 5.17. The van der Waals surface area contributed by atoms with E-state index in [2.05, 4.69) is 20.6 Å². The summed E-state index contributed by atoms with van der Waals surface area (Å²) in [5, 5.41) is 4.75. The van der Waals surface area contributed by atoms with Crippen LogP contribution < -0.4 is 16.4 Å². The molecule has 1 aromatic heterocycles. The van der Waals surface area contributed by atoms with Crippen LogP contribution in [-0.2, 0) is 25.6 Å². The number of aromatic amines is 1. The van der Waals surface area contributed by atoms with Crippen molar-refractivity contribution in [3.63, 3.8) is 0 Å². The summed E-state index contributed by atoms with van der Waals surface area (Å²) in [7, 11) is 1.39. The molecule has 2 fully saturated rings. The molecule has 29 heavy (non-hydrogen) atoms. The largest absolute Gasteiger partial charge is 0.368 e. The molecule has 3 rings (SSSR count). The van der Waals surface area contributed by atoms with E-state index >= 15 is 0 Å². The highest BCUT2D eigenvalue weighted by molar-refractivity contribution is 6.03. The number of hydrogen-bond acceptors (Lipinski definition) is 6. The van der Waals surface area contributed by atoms with E-state index in [0.29, 0.717) is 25.1 Å². The second-order valence-corrected chi connectivity index (χ2v) is 7.12. The van der Waals surface area contributed by atoms with E-state index in [0.717, 1.165) is 4.90 Å². The van der Waals surface area contributed by atoms with Gasteiger partial charge in [0.2, 0.25) is 23.6 Å². The van der Waals surface area contributed by atoms with Gasteiger partial charge in [-0.3, -0.25) is 24.5 Å². The lowest BCUT2D eigenvalue weighted by atomic mass is 10.1. The number of urea groups is 1. The van der Waals surface area contributed by atoms with Gasteiger partial charge in [0, 0.05) is 31.9 Å². The fourth-order valence-electron chi connectivity index (χ4n) is 3.59. The molecule has 0 aliphatic carbocycles. The summed E-state index contributed by atoms with van der Waals surface area (Å²) >= 11 is 0. The third kappa shape index (κ3) is 4.36. The van der Waals surface area contributed by atoms with Gasteiger partial charge in [-0.25, -0.2) is 9.78 Å². The van der Waals surface area contributed by atoms with E-state index in [1.807, 2.05) is 0 Å². The van der Waals surface area contributed by atoms with Gasteiger partial charge in [0.15, 0.2) is 0 Å². The van der Waals surface area contributed by atoms with Crippen molar-refractivity contribution in [2.75, 3.05) is 13.6 Å². The van der Waals surface area contributed by atoms with Crippen LogP contribution in [0.2, 0.25) is 0 Å². The SMILES string of the molecule is CN1C(=O)NC(=O)C[C@H]1C(=O)N[C@@H](Cc1cnc[nH]1)C(=O)N1CCC[C@H]1C(N)=O. The lowest BCUT2D eigenvalue weighted by Crippen LogP contribution is -2.61. The first-order valence-electron chi connectivity index (χ1n) is 9.22. The predicted molar refractivity (Wildman–Crippen MR) is 97.9 cm³/mol. The zero-order valence-electron chi connectivity index (χ0n) is 15.9. The Kier molecular flexibility index (Phi) is 5.80. The van der Waals surface area contributed by atoms with Gasteiger partial charge in [-0.05, 0) is 12.8 Å². The van der Waals surface area contributed by atoms with Gasteiger partial charge in [0.25, 0.3) is 0 Å². The van der Waals surface area contributed by atoms with Crippen LogP contribution in [0.1, 0.15) is 25.0 Å². The molecule has 0 spiro atoms. The number of primary amides is 1. The first-order chi connectivity index (χ1) is 13.8. The van der Waals surface area contributed by atoms with E-state index in [1.165, 1.54) is 24.5 Å². The maximum Gasteiger partial charge on any atom is 0.324 e. The highest BCUT2D eigenvalue weighted by Crippen LogP contribution is 2.19. The number of imidazole rings is 1. The van der Waals surface area contributed by atoms with Crippen LogP contribution in [0.25, 0.3) is 0 Å². The molecule has 6 amide bonds. The summed E-state index contributed by atoms with van der Waals surface area (Å²) in [6, 6.07) is -3.48. The molecule has 0 unspecified atom stereocenters. The summed E-state index contributed by atoms with van der Waals surface area (Å²) in [6.45, 7) is 0.353. The number of carbonyl (C=O) groups is 5.